The molecule has 0 saturated heterocycles. The minimum Gasteiger partial charge on any atom is -0.495 e. The second-order valence-corrected chi connectivity index (χ2v) is 6.21. The number of rotatable bonds is 6. The average Bonchev–Trinajstić information content (AvgIpc) is 2.55. The van der Waals surface area contributed by atoms with Gasteiger partial charge in [0.25, 0.3) is 0 Å². The zero-order chi connectivity index (χ0) is 16.8. The molecule has 0 unspecified atom stereocenters. The summed E-state index contributed by atoms with van der Waals surface area (Å²) in [5.74, 6) is 1.15. The van der Waals surface area contributed by atoms with Crippen LogP contribution in [0.5, 0.6) is 11.5 Å². The Kier molecular flexibility index (Phi) is 6.19. The number of carbonyl (C=O) groups is 1. The van der Waals surface area contributed by atoms with Crippen LogP contribution in [0.4, 0.5) is 5.69 Å². The third-order valence-electron chi connectivity index (χ3n) is 3.20. The van der Waals surface area contributed by atoms with Gasteiger partial charge < -0.3 is 14.8 Å². The summed E-state index contributed by atoms with van der Waals surface area (Å²) >= 11 is 7.54. The van der Waals surface area contributed by atoms with Crippen molar-refractivity contribution in [1.29, 1.82) is 0 Å². The smallest absolute Gasteiger partial charge is 0.234 e. The predicted octanol–water partition coefficient (Wildman–Crippen LogP) is 4.40. The predicted molar refractivity (Wildman–Crippen MR) is 95.1 cm³/mol. The molecule has 0 spiro atoms. The number of halogens is 1. The van der Waals surface area contributed by atoms with Gasteiger partial charge in [-0.05, 0) is 18.6 Å². The average molecular weight is 352 g/mol. The molecular weight excluding hydrogens is 334 g/mol. The van der Waals surface area contributed by atoms with Crippen molar-refractivity contribution in [3.63, 3.8) is 0 Å². The SMILES string of the molecule is COc1cc(NC(=O)CSc2ccccc2C)c(OC)cc1Cl. The summed E-state index contributed by atoms with van der Waals surface area (Å²) in [6, 6.07) is 11.2. The van der Waals surface area contributed by atoms with E-state index >= 15 is 0 Å². The molecule has 0 bridgehead atoms. The van der Waals surface area contributed by atoms with Crippen molar-refractivity contribution in [2.75, 3.05) is 25.3 Å². The van der Waals surface area contributed by atoms with E-state index in [9.17, 15) is 4.79 Å². The zero-order valence-electron chi connectivity index (χ0n) is 13.2. The first-order valence-corrected chi connectivity index (χ1v) is 8.31. The minimum atomic E-state index is -0.124. The highest BCUT2D eigenvalue weighted by Gasteiger charge is 2.13. The van der Waals surface area contributed by atoms with E-state index in [0.717, 1.165) is 10.5 Å². The Morgan fingerprint density at radius 1 is 1.17 bits per heavy atom. The Labute approximate surface area is 145 Å². The van der Waals surface area contributed by atoms with Crippen LogP contribution < -0.4 is 14.8 Å². The Bertz CT molecular complexity index is 706. The number of nitrogens with one attached hydrogen (secondary N) is 1. The summed E-state index contributed by atoms with van der Waals surface area (Å²) < 4.78 is 10.4. The largest absolute Gasteiger partial charge is 0.495 e. The zero-order valence-corrected chi connectivity index (χ0v) is 14.8. The number of hydrogen-bond acceptors (Lipinski definition) is 4. The lowest BCUT2D eigenvalue weighted by Gasteiger charge is -2.13. The maximum absolute atomic E-state index is 12.2. The molecule has 2 rings (SSSR count). The van der Waals surface area contributed by atoms with Crippen LogP contribution in [0, 0.1) is 6.92 Å². The Morgan fingerprint density at radius 3 is 2.52 bits per heavy atom. The van der Waals surface area contributed by atoms with Crippen molar-refractivity contribution in [3.8, 4) is 11.5 Å². The van der Waals surface area contributed by atoms with Gasteiger partial charge in [0.1, 0.15) is 11.5 Å². The molecule has 0 aliphatic heterocycles. The molecular formula is C17H18ClNO3S. The van der Waals surface area contributed by atoms with Gasteiger partial charge in [-0.25, -0.2) is 0 Å². The number of carbonyl (C=O) groups excluding carboxylic acids is 1. The lowest BCUT2D eigenvalue weighted by atomic mass is 10.2. The van der Waals surface area contributed by atoms with Crippen molar-refractivity contribution in [2.45, 2.75) is 11.8 Å². The molecule has 0 radical (unpaired) electrons. The third kappa shape index (κ3) is 4.56. The summed E-state index contributed by atoms with van der Waals surface area (Å²) in [7, 11) is 3.04. The highest BCUT2D eigenvalue weighted by molar-refractivity contribution is 8.00. The van der Waals surface area contributed by atoms with Crippen molar-refractivity contribution in [3.05, 3.63) is 47.0 Å². The van der Waals surface area contributed by atoms with Crippen LogP contribution >= 0.6 is 23.4 Å². The van der Waals surface area contributed by atoms with E-state index in [1.807, 2.05) is 31.2 Å². The van der Waals surface area contributed by atoms with Gasteiger partial charge in [0, 0.05) is 17.0 Å². The molecule has 2 aromatic carbocycles. The number of hydrogen-bond donors (Lipinski definition) is 1. The van der Waals surface area contributed by atoms with Crippen molar-refractivity contribution >= 4 is 35.0 Å². The normalized spacial score (nSPS) is 10.3. The highest BCUT2D eigenvalue weighted by atomic mass is 35.5. The molecule has 0 saturated carbocycles. The van der Waals surface area contributed by atoms with E-state index < -0.39 is 0 Å². The molecule has 0 aromatic heterocycles. The quantitative estimate of drug-likeness (QED) is 0.784. The molecule has 0 heterocycles. The van der Waals surface area contributed by atoms with Gasteiger partial charge in [-0.1, -0.05) is 29.8 Å². The fourth-order valence-corrected chi connectivity index (χ4v) is 3.07. The van der Waals surface area contributed by atoms with Crippen LogP contribution in [0.2, 0.25) is 5.02 Å². The Balaban J connectivity index is 2.06. The van der Waals surface area contributed by atoms with Gasteiger partial charge >= 0.3 is 0 Å². The molecule has 1 N–H and O–H groups in total. The summed E-state index contributed by atoms with van der Waals surface area (Å²) in [5.41, 5.74) is 1.68. The van der Waals surface area contributed by atoms with Gasteiger partial charge in [0.15, 0.2) is 0 Å². The van der Waals surface area contributed by atoms with E-state index in [4.69, 9.17) is 21.1 Å². The lowest BCUT2D eigenvalue weighted by Crippen LogP contribution is -2.15. The van der Waals surface area contributed by atoms with Crippen LogP contribution in [0.15, 0.2) is 41.3 Å². The first-order valence-electron chi connectivity index (χ1n) is 6.95. The van der Waals surface area contributed by atoms with Crippen molar-refractivity contribution < 1.29 is 14.3 Å². The van der Waals surface area contributed by atoms with Crippen LogP contribution in [0.3, 0.4) is 0 Å². The summed E-state index contributed by atoms with van der Waals surface area (Å²) in [6.07, 6.45) is 0. The standard InChI is InChI=1S/C17H18ClNO3S/c1-11-6-4-5-7-16(11)23-10-17(20)19-13-9-14(21-2)12(18)8-15(13)22-3/h4-9H,10H2,1-3H3,(H,19,20). The van der Waals surface area contributed by atoms with Gasteiger partial charge in [0.05, 0.1) is 30.7 Å². The monoisotopic (exact) mass is 351 g/mol. The van der Waals surface area contributed by atoms with Crippen LogP contribution in [0.25, 0.3) is 0 Å². The molecule has 23 heavy (non-hydrogen) atoms. The molecule has 122 valence electrons. The molecule has 0 atom stereocenters. The van der Waals surface area contributed by atoms with Gasteiger partial charge in [-0.15, -0.1) is 11.8 Å². The van der Waals surface area contributed by atoms with Gasteiger partial charge in [-0.3, -0.25) is 4.79 Å². The molecule has 2 aromatic rings. The number of anilines is 1. The second kappa shape index (κ2) is 8.13. The van der Waals surface area contributed by atoms with E-state index in [1.165, 1.54) is 26.0 Å². The number of amides is 1. The highest BCUT2D eigenvalue weighted by Crippen LogP contribution is 2.36. The maximum atomic E-state index is 12.2. The topological polar surface area (TPSA) is 47.6 Å². The summed E-state index contributed by atoms with van der Waals surface area (Å²) in [6.45, 7) is 2.02. The summed E-state index contributed by atoms with van der Waals surface area (Å²) in [4.78, 5) is 13.3. The number of benzene rings is 2. The van der Waals surface area contributed by atoms with E-state index in [2.05, 4.69) is 5.32 Å². The van der Waals surface area contributed by atoms with Gasteiger partial charge in [0.2, 0.25) is 5.91 Å². The lowest BCUT2D eigenvalue weighted by molar-refractivity contribution is -0.113. The molecule has 0 fully saturated rings. The van der Waals surface area contributed by atoms with E-state index in [1.54, 1.807) is 12.1 Å². The number of thioether (sulfide) groups is 1. The molecule has 6 heteroatoms. The van der Waals surface area contributed by atoms with E-state index in [0.29, 0.717) is 28.0 Å². The number of aryl methyl sites for hydroxylation is 1. The Hall–Kier alpha value is -1.85. The van der Waals surface area contributed by atoms with Crippen LogP contribution in [-0.4, -0.2) is 25.9 Å². The maximum Gasteiger partial charge on any atom is 0.234 e. The number of ether oxygens (including phenoxy) is 2. The third-order valence-corrected chi connectivity index (χ3v) is 4.67. The molecule has 0 aliphatic carbocycles. The van der Waals surface area contributed by atoms with Crippen LogP contribution in [0.1, 0.15) is 5.56 Å². The first-order chi connectivity index (χ1) is 11.0. The van der Waals surface area contributed by atoms with Crippen molar-refractivity contribution in [2.24, 2.45) is 0 Å². The minimum absolute atomic E-state index is 0.124. The Morgan fingerprint density at radius 2 is 1.87 bits per heavy atom. The molecule has 4 nitrogen and oxygen atoms in total. The summed E-state index contributed by atoms with van der Waals surface area (Å²) in [5, 5.41) is 3.26. The van der Waals surface area contributed by atoms with Crippen molar-refractivity contribution in [1.82, 2.24) is 0 Å². The fraction of sp³-hybridized carbons (Fsp3) is 0.235. The fourth-order valence-electron chi connectivity index (χ4n) is 2.01. The molecule has 1 amide bonds. The second-order valence-electron chi connectivity index (χ2n) is 4.79. The van der Waals surface area contributed by atoms with Crippen LogP contribution in [-0.2, 0) is 4.79 Å². The molecule has 0 aliphatic rings. The van der Waals surface area contributed by atoms with E-state index in [-0.39, 0.29) is 5.91 Å². The van der Waals surface area contributed by atoms with Gasteiger partial charge in [-0.2, -0.15) is 0 Å². The first kappa shape index (κ1) is 17.5. The number of methoxy groups -OCH3 is 2.